The number of carbonyl (C=O) groups is 1. The standard InChI is InChI=1S/C12H14N3OS/c1-2-11-14-15-12(17-11)13-10(16)8-9-6-4-3-5-7-9/h3-7,11,14H,2,8H2,1H3. The van der Waals surface area contributed by atoms with Crippen molar-refractivity contribution in [3.8, 4) is 0 Å². The van der Waals surface area contributed by atoms with Crippen molar-refractivity contribution in [2.24, 2.45) is 4.99 Å². The molecule has 17 heavy (non-hydrogen) atoms. The zero-order chi connectivity index (χ0) is 12.1. The van der Waals surface area contributed by atoms with Crippen LogP contribution in [-0.2, 0) is 11.2 Å². The smallest absolute Gasteiger partial charge is 0.252 e. The van der Waals surface area contributed by atoms with E-state index in [1.165, 1.54) is 11.8 Å². The number of hydrogen-bond donors (Lipinski definition) is 1. The quantitative estimate of drug-likeness (QED) is 0.886. The van der Waals surface area contributed by atoms with E-state index >= 15 is 0 Å². The minimum Gasteiger partial charge on any atom is -0.272 e. The molecule has 0 aromatic heterocycles. The van der Waals surface area contributed by atoms with Gasteiger partial charge in [-0.2, -0.15) is 15.8 Å². The zero-order valence-corrected chi connectivity index (χ0v) is 10.4. The van der Waals surface area contributed by atoms with Crippen LogP contribution in [0.1, 0.15) is 18.9 Å². The average Bonchev–Trinajstić information content (AvgIpc) is 2.78. The molecule has 1 N–H and O–H groups in total. The second-order valence-corrected chi connectivity index (χ2v) is 4.88. The van der Waals surface area contributed by atoms with Crippen LogP contribution in [0, 0.1) is 0 Å². The average molecular weight is 248 g/mol. The van der Waals surface area contributed by atoms with E-state index < -0.39 is 0 Å². The third-order valence-electron chi connectivity index (χ3n) is 2.34. The van der Waals surface area contributed by atoms with Gasteiger partial charge in [-0.1, -0.05) is 49.0 Å². The molecule has 1 heterocycles. The topological polar surface area (TPSA) is 55.6 Å². The van der Waals surface area contributed by atoms with E-state index in [1.807, 2.05) is 30.3 Å². The van der Waals surface area contributed by atoms with E-state index in [4.69, 9.17) is 0 Å². The molecule has 1 radical (unpaired) electrons. The molecule has 1 aliphatic heterocycles. The first-order valence-corrected chi connectivity index (χ1v) is 6.44. The van der Waals surface area contributed by atoms with Gasteiger partial charge in [-0.3, -0.25) is 4.79 Å². The summed E-state index contributed by atoms with van der Waals surface area (Å²) >= 11 is 1.50. The fourth-order valence-corrected chi connectivity index (χ4v) is 2.24. The van der Waals surface area contributed by atoms with Gasteiger partial charge < -0.3 is 0 Å². The van der Waals surface area contributed by atoms with Gasteiger partial charge in [0.15, 0.2) is 0 Å². The maximum Gasteiger partial charge on any atom is 0.252 e. The Morgan fingerprint density at radius 1 is 1.47 bits per heavy atom. The molecule has 0 spiro atoms. The molecule has 5 heteroatoms. The lowest BCUT2D eigenvalue weighted by atomic mass is 10.1. The maximum absolute atomic E-state index is 11.7. The van der Waals surface area contributed by atoms with Crippen LogP contribution in [0.25, 0.3) is 0 Å². The molecule has 0 saturated carbocycles. The molecule has 1 atom stereocenters. The Morgan fingerprint density at radius 2 is 2.24 bits per heavy atom. The van der Waals surface area contributed by atoms with Crippen LogP contribution in [0.5, 0.6) is 0 Å². The molecule has 1 fully saturated rings. The van der Waals surface area contributed by atoms with E-state index in [0.717, 1.165) is 12.0 Å². The monoisotopic (exact) mass is 248 g/mol. The highest BCUT2D eigenvalue weighted by Crippen LogP contribution is 2.18. The van der Waals surface area contributed by atoms with Crippen molar-refractivity contribution in [3.05, 3.63) is 35.9 Å². The minimum absolute atomic E-state index is 0.152. The second-order valence-electron chi connectivity index (χ2n) is 3.71. The molecule has 4 nitrogen and oxygen atoms in total. The Bertz CT molecular complexity index is 419. The van der Waals surface area contributed by atoms with Crippen molar-refractivity contribution in [1.29, 1.82) is 0 Å². The van der Waals surface area contributed by atoms with E-state index in [-0.39, 0.29) is 11.3 Å². The summed E-state index contributed by atoms with van der Waals surface area (Å²) in [7, 11) is 0. The first-order valence-electron chi connectivity index (χ1n) is 5.56. The lowest BCUT2D eigenvalue weighted by Crippen LogP contribution is -2.24. The molecule has 1 saturated heterocycles. The summed E-state index contributed by atoms with van der Waals surface area (Å²) in [5, 5.41) is 0.788. The normalized spacial score (nSPS) is 21.5. The molecule has 1 aromatic carbocycles. The maximum atomic E-state index is 11.7. The van der Waals surface area contributed by atoms with Gasteiger partial charge in [0.1, 0.15) is 0 Å². The molecule has 2 rings (SSSR count). The molecule has 0 aliphatic carbocycles. The number of nitrogens with one attached hydrogen (secondary N) is 1. The minimum atomic E-state index is -0.152. The van der Waals surface area contributed by atoms with Crippen LogP contribution in [0.15, 0.2) is 35.3 Å². The zero-order valence-electron chi connectivity index (χ0n) is 9.59. The summed E-state index contributed by atoms with van der Waals surface area (Å²) in [4.78, 5) is 15.7. The van der Waals surface area contributed by atoms with Gasteiger partial charge in [-0.25, -0.2) is 0 Å². The number of hydrogen-bond acceptors (Lipinski definition) is 3. The summed E-state index contributed by atoms with van der Waals surface area (Å²) in [6.45, 7) is 2.06. The van der Waals surface area contributed by atoms with Crippen LogP contribution >= 0.6 is 11.8 Å². The van der Waals surface area contributed by atoms with Gasteiger partial charge in [-0.15, -0.1) is 0 Å². The Balaban J connectivity index is 1.92. The second kappa shape index (κ2) is 5.84. The van der Waals surface area contributed by atoms with Crippen LogP contribution in [0.3, 0.4) is 0 Å². The fraction of sp³-hybridized carbons (Fsp3) is 0.333. The summed E-state index contributed by atoms with van der Waals surface area (Å²) in [5.74, 6) is -0.152. The van der Waals surface area contributed by atoms with Gasteiger partial charge in [0.25, 0.3) is 5.91 Å². The van der Waals surface area contributed by atoms with Gasteiger partial charge in [-0.05, 0) is 12.0 Å². The van der Waals surface area contributed by atoms with Crippen molar-refractivity contribution in [1.82, 2.24) is 10.9 Å². The van der Waals surface area contributed by atoms with Crippen LogP contribution in [-0.4, -0.2) is 16.4 Å². The number of amides is 1. The molecule has 1 aliphatic rings. The molecule has 1 unspecified atom stereocenters. The van der Waals surface area contributed by atoms with Crippen LogP contribution in [0.4, 0.5) is 0 Å². The first kappa shape index (κ1) is 12.1. The molecule has 1 aromatic rings. The Morgan fingerprint density at radius 3 is 2.88 bits per heavy atom. The van der Waals surface area contributed by atoms with E-state index in [2.05, 4.69) is 22.8 Å². The number of carbonyl (C=O) groups excluding carboxylic acids is 1. The predicted molar refractivity (Wildman–Crippen MR) is 69.5 cm³/mol. The van der Waals surface area contributed by atoms with Crippen molar-refractivity contribution in [3.63, 3.8) is 0 Å². The molecule has 0 bridgehead atoms. The molecular weight excluding hydrogens is 234 g/mol. The van der Waals surface area contributed by atoms with Gasteiger partial charge >= 0.3 is 0 Å². The summed E-state index contributed by atoms with van der Waals surface area (Å²) < 4.78 is 0. The van der Waals surface area contributed by atoms with Crippen LogP contribution < -0.4 is 10.9 Å². The highest BCUT2D eigenvalue weighted by atomic mass is 32.2. The highest BCUT2D eigenvalue weighted by Gasteiger charge is 2.21. The number of aliphatic imine (C=N–C) groups is 1. The van der Waals surface area contributed by atoms with Crippen LogP contribution in [0.2, 0.25) is 0 Å². The molecular formula is C12H14N3OS. The largest absolute Gasteiger partial charge is 0.272 e. The van der Waals surface area contributed by atoms with Gasteiger partial charge in [0.05, 0.1) is 11.8 Å². The van der Waals surface area contributed by atoms with Crippen molar-refractivity contribution in [2.75, 3.05) is 0 Å². The number of amidine groups is 1. The van der Waals surface area contributed by atoms with Gasteiger partial charge in [0.2, 0.25) is 5.17 Å². The summed E-state index contributed by atoms with van der Waals surface area (Å²) in [5.41, 5.74) is 7.92. The Labute approximate surface area is 105 Å². The number of nitrogens with zero attached hydrogens (tertiary/aromatic N) is 2. The molecule has 89 valence electrons. The Kier molecular flexibility index (Phi) is 4.17. The lowest BCUT2D eigenvalue weighted by molar-refractivity contribution is -0.117. The van der Waals surface area contributed by atoms with E-state index in [0.29, 0.717) is 11.6 Å². The SMILES string of the molecule is CCC1N[N]C(=NC(=O)Cc2ccccc2)S1. The number of benzene rings is 1. The van der Waals surface area contributed by atoms with Crippen molar-refractivity contribution < 1.29 is 4.79 Å². The fourth-order valence-electron chi connectivity index (χ4n) is 1.45. The third kappa shape index (κ3) is 3.57. The lowest BCUT2D eigenvalue weighted by Gasteiger charge is -1.98. The summed E-state index contributed by atoms with van der Waals surface area (Å²) in [6, 6.07) is 9.60. The number of thioether (sulfide) groups is 1. The van der Waals surface area contributed by atoms with Crippen molar-refractivity contribution in [2.45, 2.75) is 25.1 Å². The predicted octanol–water partition coefficient (Wildman–Crippen LogP) is 1.70. The van der Waals surface area contributed by atoms with Crippen molar-refractivity contribution >= 4 is 22.8 Å². The van der Waals surface area contributed by atoms with Gasteiger partial charge in [0, 0.05) is 0 Å². The van der Waals surface area contributed by atoms with E-state index in [9.17, 15) is 4.79 Å². The summed E-state index contributed by atoms with van der Waals surface area (Å²) in [6.07, 6.45) is 1.29. The molecule has 1 amide bonds. The number of rotatable bonds is 3. The van der Waals surface area contributed by atoms with E-state index in [1.54, 1.807) is 0 Å². The Hall–Kier alpha value is -1.33. The highest BCUT2D eigenvalue weighted by molar-refractivity contribution is 8.14. The first-order chi connectivity index (χ1) is 8.28. The third-order valence-corrected chi connectivity index (χ3v) is 3.46.